The Kier molecular flexibility index (Phi) is 4.42. The lowest BCUT2D eigenvalue weighted by Gasteiger charge is -2.29. The van der Waals surface area contributed by atoms with Gasteiger partial charge in [-0.15, -0.1) is 0 Å². The number of nitrogens with one attached hydrogen (secondary N) is 1. The number of aliphatic hydroxyl groups is 2. The van der Waals surface area contributed by atoms with Gasteiger partial charge in [0.15, 0.2) is 0 Å². The largest absolute Gasteiger partial charge is 0.394 e. The van der Waals surface area contributed by atoms with Crippen LogP contribution >= 0.6 is 0 Å². The van der Waals surface area contributed by atoms with Crippen molar-refractivity contribution in [2.45, 2.75) is 31.3 Å². The number of hydrogen-bond donors (Lipinski definition) is 3. The molecule has 1 aliphatic rings. The van der Waals surface area contributed by atoms with Crippen LogP contribution in [0.3, 0.4) is 0 Å². The maximum absolute atomic E-state index is 13.3. The van der Waals surface area contributed by atoms with Crippen LogP contribution in [0.15, 0.2) is 46.1 Å². The summed E-state index contributed by atoms with van der Waals surface area (Å²) in [6, 6.07) is 7.88. The second kappa shape index (κ2) is 6.40. The van der Waals surface area contributed by atoms with Crippen LogP contribution in [0, 0.1) is 6.92 Å². The smallest absolute Gasteiger partial charge is 0.331 e. The highest BCUT2D eigenvalue weighted by Crippen LogP contribution is 2.37. The molecular formula is C17H18N2O6. The molecule has 1 aromatic carbocycles. The monoisotopic (exact) mass is 346 g/mol. The summed E-state index contributed by atoms with van der Waals surface area (Å²) in [5, 5.41) is 19.6. The zero-order valence-electron chi connectivity index (χ0n) is 13.5. The maximum atomic E-state index is 13.3. The molecule has 3 rings (SSSR count). The van der Waals surface area contributed by atoms with E-state index in [1.54, 1.807) is 31.2 Å². The highest BCUT2D eigenvalue weighted by atomic mass is 16.6. The fourth-order valence-electron chi connectivity index (χ4n) is 3.10. The molecule has 1 aliphatic heterocycles. The van der Waals surface area contributed by atoms with Gasteiger partial charge in [-0.3, -0.25) is 19.1 Å². The van der Waals surface area contributed by atoms with Gasteiger partial charge in [-0.25, -0.2) is 4.79 Å². The molecule has 0 bridgehead atoms. The minimum absolute atomic E-state index is 0.225. The summed E-state index contributed by atoms with van der Waals surface area (Å²) in [5.41, 5.74) is -2.29. The molecule has 132 valence electrons. The van der Waals surface area contributed by atoms with E-state index in [-0.39, 0.29) is 6.42 Å². The molecule has 0 spiro atoms. The first-order chi connectivity index (χ1) is 11.9. The molecular weight excluding hydrogens is 328 g/mol. The Morgan fingerprint density at radius 1 is 1.36 bits per heavy atom. The van der Waals surface area contributed by atoms with Crippen LogP contribution in [0.5, 0.6) is 0 Å². The topological polar surface area (TPSA) is 122 Å². The lowest BCUT2D eigenvalue weighted by Crippen LogP contribution is -2.49. The molecule has 2 aromatic rings. The summed E-state index contributed by atoms with van der Waals surface area (Å²) in [5.74, 6) is -0.533. The molecule has 0 unspecified atom stereocenters. The van der Waals surface area contributed by atoms with Gasteiger partial charge in [0.25, 0.3) is 5.56 Å². The number of carbonyl (C=O) groups is 1. The zero-order valence-corrected chi connectivity index (χ0v) is 13.5. The van der Waals surface area contributed by atoms with Crippen LogP contribution in [0.2, 0.25) is 0 Å². The summed E-state index contributed by atoms with van der Waals surface area (Å²) in [6.07, 6.45) is -1.23. The molecule has 0 saturated carbocycles. The quantitative estimate of drug-likeness (QED) is 0.643. The van der Waals surface area contributed by atoms with E-state index in [9.17, 15) is 24.6 Å². The number of rotatable bonds is 4. The Morgan fingerprint density at radius 3 is 2.68 bits per heavy atom. The number of nitrogens with zero attached hydrogens (tertiary/aromatic N) is 1. The maximum Gasteiger partial charge on any atom is 0.331 e. The van der Waals surface area contributed by atoms with Gasteiger partial charge in [-0.1, -0.05) is 24.3 Å². The number of H-pyrrole nitrogens is 1. The van der Waals surface area contributed by atoms with Crippen LogP contribution in [0.1, 0.15) is 22.3 Å². The Morgan fingerprint density at radius 2 is 2.08 bits per heavy atom. The number of aromatic nitrogens is 2. The Hall–Kier alpha value is -2.55. The van der Waals surface area contributed by atoms with Crippen LogP contribution in [0.25, 0.3) is 0 Å². The van der Waals surface area contributed by atoms with Crippen molar-refractivity contribution in [3.05, 3.63) is 68.5 Å². The fraction of sp³-hybridized carbons (Fsp3) is 0.353. The number of aliphatic hydroxyl groups excluding tert-OH is 2. The second-order valence-corrected chi connectivity index (χ2v) is 6.02. The standard InChI is InChI=1S/C17H18N2O6/c1-10-4-2-3-5-11(10)15(23)17(8-12(21)13(9-20)25-17)19-7-6-14(22)18-16(19)24/h2-7,12-13,20-21H,8-9H2,1H3,(H,18,22,24)/t12-,13+,17-/m0/s1. The average Bonchev–Trinajstić information content (AvgIpc) is 2.92. The van der Waals surface area contributed by atoms with E-state index in [4.69, 9.17) is 4.74 Å². The van der Waals surface area contributed by atoms with Gasteiger partial charge in [-0.2, -0.15) is 0 Å². The van der Waals surface area contributed by atoms with Gasteiger partial charge in [0, 0.05) is 24.2 Å². The molecule has 25 heavy (non-hydrogen) atoms. The first-order valence-electron chi connectivity index (χ1n) is 7.78. The predicted octanol–water partition coefficient (Wildman–Crippen LogP) is -0.477. The van der Waals surface area contributed by atoms with Crippen molar-refractivity contribution >= 4 is 5.78 Å². The Balaban J connectivity index is 2.20. The molecule has 0 aliphatic carbocycles. The van der Waals surface area contributed by atoms with E-state index in [1.165, 1.54) is 0 Å². The molecule has 3 atom stereocenters. The third-order valence-corrected chi connectivity index (χ3v) is 4.40. The first kappa shape index (κ1) is 17.3. The molecule has 3 N–H and O–H groups in total. The number of benzene rings is 1. The first-order valence-corrected chi connectivity index (χ1v) is 7.78. The van der Waals surface area contributed by atoms with E-state index in [2.05, 4.69) is 4.98 Å². The van der Waals surface area contributed by atoms with Crippen molar-refractivity contribution in [3.8, 4) is 0 Å². The molecule has 1 saturated heterocycles. The number of Topliss-reactive ketones (excluding diaryl/α,β-unsaturated/α-hetero) is 1. The number of aryl methyl sites for hydroxylation is 1. The Bertz CT molecular complexity index is 918. The van der Waals surface area contributed by atoms with E-state index in [0.29, 0.717) is 11.1 Å². The number of carbonyl (C=O) groups excluding carboxylic acids is 1. The number of hydrogen-bond acceptors (Lipinski definition) is 6. The third-order valence-electron chi connectivity index (χ3n) is 4.40. The van der Waals surface area contributed by atoms with Gasteiger partial charge < -0.3 is 14.9 Å². The molecule has 1 fully saturated rings. The van der Waals surface area contributed by atoms with E-state index < -0.39 is 41.6 Å². The van der Waals surface area contributed by atoms with Gasteiger partial charge >= 0.3 is 5.69 Å². The lowest BCUT2D eigenvalue weighted by molar-refractivity contribution is -0.0936. The van der Waals surface area contributed by atoms with Gasteiger partial charge in [0.1, 0.15) is 6.10 Å². The molecule has 1 aromatic heterocycles. The number of ether oxygens (including phenoxy) is 1. The second-order valence-electron chi connectivity index (χ2n) is 6.02. The molecule has 8 nitrogen and oxygen atoms in total. The normalized spacial score (nSPS) is 25.9. The van der Waals surface area contributed by atoms with E-state index >= 15 is 0 Å². The molecule has 0 radical (unpaired) electrons. The van der Waals surface area contributed by atoms with Gasteiger partial charge in [-0.05, 0) is 12.5 Å². The average molecular weight is 346 g/mol. The summed E-state index contributed by atoms with van der Waals surface area (Å²) in [7, 11) is 0. The zero-order chi connectivity index (χ0) is 18.2. The van der Waals surface area contributed by atoms with Crippen molar-refractivity contribution < 1.29 is 19.7 Å². The number of ketones is 1. The van der Waals surface area contributed by atoms with Crippen molar-refractivity contribution in [1.82, 2.24) is 9.55 Å². The third kappa shape index (κ3) is 2.84. The van der Waals surface area contributed by atoms with Crippen molar-refractivity contribution in [1.29, 1.82) is 0 Å². The summed E-state index contributed by atoms with van der Waals surface area (Å²) >= 11 is 0. The van der Waals surface area contributed by atoms with Crippen molar-refractivity contribution in [2.24, 2.45) is 0 Å². The van der Waals surface area contributed by atoms with Crippen LogP contribution < -0.4 is 11.2 Å². The summed E-state index contributed by atoms with van der Waals surface area (Å²) in [4.78, 5) is 39.0. The van der Waals surface area contributed by atoms with Crippen LogP contribution in [-0.4, -0.2) is 44.4 Å². The summed E-state index contributed by atoms with van der Waals surface area (Å²) < 4.78 is 6.64. The van der Waals surface area contributed by atoms with Crippen molar-refractivity contribution in [3.63, 3.8) is 0 Å². The highest BCUT2D eigenvalue weighted by Gasteiger charge is 2.53. The Labute approximate surface area is 142 Å². The van der Waals surface area contributed by atoms with E-state index in [0.717, 1.165) is 16.8 Å². The predicted molar refractivity (Wildman–Crippen MR) is 87.4 cm³/mol. The summed E-state index contributed by atoms with van der Waals surface area (Å²) in [6.45, 7) is 1.23. The van der Waals surface area contributed by atoms with Gasteiger partial charge in [0.05, 0.1) is 12.7 Å². The van der Waals surface area contributed by atoms with Crippen LogP contribution in [-0.2, 0) is 10.5 Å². The molecule has 8 heteroatoms. The van der Waals surface area contributed by atoms with E-state index in [1.807, 2.05) is 0 Å². The minimum atomic E-state index is -1.85. The van der Waals surface area contributed by atoms with Crippen LogP contribution in [0.4, 0.5) is 0 Å². The van der Waals surface area contributed by atoms with Gasteiger partial charge in [0.2, 0.25) is 11.5 Å². The molecule has 2 heterocycles. The highest BCUT2D eigenvalue weighted by molar-refractivity contribution is 6.02. The molecule has 0 amide bonds. The minimum Gasteiger partial charge on any atom is -0.394 e. The number of aromatic amines is 1. The SMILES string of the molecule is Cc1ccccc1C(=O)[C@]1(n2ccc(=O)[nH]c2=O)C[C@H](O)[C@@H](CO)O1. The fourth-order valence-corrected chi connectivity index (χ4v) is 3.10. The van der Waals surface area contributed by atoms with Crippen molar-refractivity contribution in [2.75, 3.05) is 6.61 Å². The lowest BCUT2D eigenvalue weighted by atomic mass is 9.93.